The van der Waals surface area contributed by atoms with Gasteiger partial charge in [-0.25, -0.2) is 13.2 Å². The van der Waals surface area contributed by atoms with Crippen LogP contribution >= 0.6 is 11.6 Å². The molecule has 12 heteroatoms. The summed E-state index contributed by atoms with van der Waals surface area (Å²) in [7, 11) is -3.53. The summed E-state index contributed by atoms with van der Waals surface area (Å²) < 4.78 is 35.9. The van der Waals surface area contributed by atoms with E-state index in [4.69, 9.17) is 21.1 Å². The highest BCUT2D eigenvalue weighted by Crippen LogP contribution is 2.23. The summed E-state index contributed by atoms with van der Waals surface area (Å²) in [5.41, 5.74) is 1.73. The Labute approximate surface area is 241 Å². The van der Waals surface area contributed by atoms with Gasteiger partial charge in [0, 0.05) is 23.7 Å². The first-order valence-corrected chi connectivity index (χ1v) is 15.0. The number of amides is 1. The van der Waals surface area contributed by atoms with Crippen LogP contribution < -0.4 is 10.6 Å². The summed E-state index contributed by atoms with van der Waals surface area (Å²) in [6.07, 6.45) is -0.413. The topological polar surface area (TPSA) is 126 Å². The molecule has 0 aromatic heterocycles. The van der Waals surface area contributed by atoms with E-state index in [1.54, 1.807) is 24.0 Å². The van der Waals surface area contributed by atoms with Crippen molar-refractivity contribution < 1.29 is 27.5 Å². The number of benzene rings is 2. The van der Waals surface area contributed by atoms with Gasteiger partial charge >= 0.3 is 6.09 Å². The van der Waals surface area contributed by atoms with Crippen LogP contribution in [0.5, 0.6) is 0 Å². The Morgan fingerprint density at radius 3 is 2.52 bits per heavy atom. The fourth-order valence-electron chi connectivity index (χ4n) is 3.90. The van der Waals surface area contributed by atoms with Gasteiger partial charge in [0.15, 0.2) is 15.6 Å². The van der Waals surface area contributed by atoms with Crippen molar-refractivity contribution in [2.45, 2.75) is 44.7 Å². The third-order valence-corrected chi connectivity index (χ3v) is 7.96. The Morgan fingerprint density at radius 1 is 1.10 bits per heavy atom. The SMILES string of the molecule is Cc1c(Cl)cccc1S(=O)(=O)CNCCOCC(=O)CNCc1ccc(C2=NCCN2C(=O)OC(C)(C)C)cc1. The van der Waals surface area contributed by atoms with E-state index >= 15 is 0 Å². The van der Waals surface area contributed by atoms with Crippen LogP contribution in [0.3, 0.4) is 0 Å². The molecule has 1 amide bonds. The van der Waals surface area contributed by atoms with Gasteiger partial charge in [0.25, 0.3) is 0 Å². The van der Waals surface area contributed by atoms with Crippen molar-refractivity contribution >= 4 is 39.2 Å². The third-order valence-electron chi connectivity index (χ3n) is 5.85. The summed E-state index contributed by atoms with van der Waals surface area (Å²) in [6, 6.07) is 12.4. The zero-order valence-corrected chi connectivity index (χ0v) is 24.9. The Balaban J connectivity index is 1.33. The summed E-state index contributed by atoms with van der Waals surface area (Å²) in [5, 5.41) is 6.33. The molecule has 2 aromatic carbocycles. The number of rotatable bonds is 13. The number of carbonyl (C=O) groups is 2. The molecule has 0 atom stereocenters. The Hall–Kier alpha value is -2.83. The van der Waals surface area contributed by atoms with Crippen LogP contribution in [0.25, 0.3) is 0 Å². The van der Waals surface area contributed by atoms with Crippen molar-refractivity contribution in [2.75, 3.05) is 45.3 Å². The average Bonchev–Trinajstić information content (AvgIpc) is 3.37. The fourth-order valence-corrected chi connectivity index (χ4v) is 5.56. The Morgan fingerprint density at radius 2 is 1.82 bits per heavy atom. The highest BCUT2D eigenvalue weighted by molar-refractivity contribution is 7.91. The first kappa shape index (κ1) is 31.7. The van der Waals surface area contributed by atoms with Crippen molar-refractivity contribution in [3.8, 4) is 0 Å². The van der Waals surface area contributed by atoms with E-state index in [1.165, 1.54) is 6.07 Å². The monoisotopic (exact) mass is 592 g/mol. The number of halogens is 1. The summed E-state index contributed by atoms with van der Waals surface area (Å²) in [5.74, 6) is 0.220. The molecule has 40 heavy (non-hydrogen) atoms. The van der Waals surface area contributed by atoms with Gasteiger partial charge in [-0.2, -0.15) is 0 Å². The standard InChI is InChI=1S/C28H37ClN4O6S/c1-20-24(29)6-5-7-25(20)40(36,37)19-30-13-15-38-18-23(34)17-31-16-21-8-10-22(11-9-21)26-32-12-14-33(26)27(35)39-28(2,3)4/h5-11,30-31H,12-19H2,1-4H3. The summed E-state index contributed by atoms with van der Waals surface area (Å²) >= 11 is 6.02. The van der Waals surface area contributed by atoms with E-state index in [2.05, 4.69) is 15.6 Å². The number of Topliss-reactive ketones (excluding diaryl/α,β-unsaturated/α-hetero) is 1. The maximum atomic E-state index is 12.5. The molecule has 0 fully saturated rings. The fraction of sp³-hybridized carbons (Fsp3) is 0.464. The normalized spacial score (nSPS) is 13.8. The number of hydrogen-bond donors (Lipinski definition) is 2. The number of nitrogens with one attached hydrogen (secondary N) is 2. The molecule has 3 rings (SSSR count). The second kappa shape index (κ2) is 14.2. The molecular formula is C28H37ClN4O6S. The van der Waals surface area contributed by atoms with Crippen molar-refractivity contribution in [3.63, 3.8) is 0 Å². The molecule has 2 aromatic rings. The highest BCUT2D eigenvalue weighted by atomic mass is 35.5. The highest BCUT2D eigenvalue weighted by Gasteiger charge is 2.29. The molecule has 0 bridgehead atoms. The molecular weight excluding hydrogens is 556 g/mol. The molecule has 0 aliphatic carbocycles. The van der Waals surface area contributed by atoms with E-state index in [0.29, 0.717) is 36.1 Å². The van der Waals surface area contributed by atoms with Gasteiger partial charge in [0.1, 0.15) is 23.9 Å². The first-order chi connectivity index (χ1) is 18.9. The van der Waals surface area contributed by atoms with Crippen LogP contribution in [-0.4, -0.2) is 81.9 Å². The molecule has 0 unspecified atom stereocenters. The van der Waals surface area contributed by atoms with E-state index < -0.39 is 21.5 Å². The molecule has 0 saturated heterocycles. The predicted molar refractivity (Wildman–Crippen MR) is 155 cm³/mol. The van der Waals surface area contributed by atoms with E-state index in [9.17, 15) is 18.0 Å². The van der Waals surface area contributed by atoms with E-state index in [1.807, 2.05) is 45.0 Å². The molecule has 2 N–H and O–H groups in total. The molecule has 218 valence electrons. The predicted octanol–water partition coefficient (Wildman–Crippen LogP) is 3.34. The third kappa shape index (κ3) is 9.38. The number of nitrogens with zero attached hydrogens (tertiary/aromatic N) is 2. The number of amidine groups is 1. The number of carbonyl (C=O) groups excluding carboxylic acids is 2. The molecule has 1 aliphatic heterocycles. The van der Waals surface area contributed by atoms with Gasteiger partial charge in [-0.3, -0.25) is 14.7 Å². The maximum Gasteiger partial charge on any atom is 0.416 e. The molecule has 0 spiro atoms. The van der Waals surface area contributed by atoms with Crippen molar-refractivity contribution in [1.82, 2.24) is 15.5 Å². The summed E-state index contributed by atoms with van der Waals surface area (Å²) in [6.45, 7) is 9.18. The summed E-state index contributed by atoms with van der Waals surface area (Å²) in [4.78, 5) is 30.8. The average molecular weight is 593 g/mol. The van der Waals surface area contributed by atoms with Crippen molar-refractivity contribution in [3.05, 3.63) is 64.2 Å². The van der Waals surface area contributed by atoms with Crippen LogP contribution in [0.2, 0.25) is 5.02 Å². The van der Waals surface area contributed by atoms with Crippen LogP contribution in [0.1, 0.15) is 37.5 Å². The second-order valence-electron chi connectivity index (χ2n) is 10.4. The molecule has 1 aliphatic rings. The lowest BCUT2D eigenvalue weighted by molar-refractivity contribution is -0.122. The molecule has 0 radical (unpaired) electrons. The minimum atomic E-state index is -3.53. The largest absolute Gasteiger partial charge is 0.443 e. The van der Waals surface area contributed by atoms with E-state index in [0.717, 1.165) is 11.1 Å². The smallest absolute Gasteiger partial charge is 0.416 e. The number of sulfone groups is 1. The number of aliphatic imine (C=N–C) groups is 1. The Bertz CT molecular complexity index is 1320. The van der Waals surface area contributed by atoms with Gasteiger partial charge in [-0.1, -0.05) is 41.9 Å². The molecule has 0 saturated carbocycles. The van der Waals surface area contributed by atoms with Crippen molar-refractivity contribution in [1.29, 1.82) is 0 Å². The zero-order chi connectivity index (χ0) is 29.3. The van der Waals surface area contributed by atoms with Gasteiger partial charge in [-0.05, 0) is 51.0 Å². The number of hydrogen-bond acceptors (Lipinski definition) is 9. The van der Waals surface area contributed by atoms with Gasteiger partial charge < -0.3 is 20.1 Å². The maximum absolute atomic E-state index is 12.5. The van der Waals surface area contributed by atoms with Gasteiger partial charge in [0.2, 0.25) is 0 Å². The second-order valence-corrected chi connectivity index (χ2v) is 12.7. The minimum Gasteiger partial charge on any atom is -0.443 e. The van der Waals surface area contributed by atoms with Gasteiger partial charge in [0.05, 0.1) is 31.1 Å². The lowest BCUT2D eigenvalue weighted by atomic mass is 10.1. The van der Waals surface area contributed by atoms with Crippen LogP contribution in [0.15, 0.2) is 52.4 Å². The van der Waals surface area contributed by atoms with Crippen LogP contribution in [0.4, 0.5) is 4.79 Å². The number of ketones is 1. The Kier molecular flexibility index (Phi) is 11.2. The molecule has 1 heterocycles. The lowest BCUT2D eigenvalue weighted by Crippen LogP contribution is -2.39. The molecule has 10 nitrogen and oxygen atoms in total. The van der Waals surface area contributed by atoms with Crippen LogP contribution in [-0.2, 0) is 30.7 Å². The van der Waals surface area contributed by atoms with E-state index in [-0.39, 0.29) is 42.9 Å². The van der Waals surface area contributed by atoms with Gasteiger partial charge in [-0.15, -0.1) is 0 Å². The van der Waals surface area contributed by atoms with Crippen molar-refractivity contribution in [2.24, 2.45) is 4.99 Å². The quantitative estimate of drug-likeness (QED) is 0.339. The minimum absolute atomic E-state index is 0.0753. The first-order valence-electron chi connectivity index (χ1n) is 13.0. The van der Waals surface area contributed by atoms with Crippen LogP contribution in [0, 0.1) is 6.92 Å². The number of ether oxygens (including phenoxy) is 2. The lowest BCUT2D eigenvalue weighted by Gasteiger charge is -2.25. The zero-order valence-electron chi connectivity index (χ0n) is 23.3.